The smallest absolute Gasteiger partial charge is 0.221 e. The Morgan fingerprint density at radius 3 is 3.08 bits per heavy atom. The van der Waals surface area contributed by atoms with Crippen LogP contribution in [-0.4, -0.2) is 11.1 Å². The molecule has 0 aromatic carbocycles. The van der Waals surface area contributed by atoms with E-state index in [1.807, 2.05) is 0 Å². The Morgan fingerprint density at radius 2 is 2.50 bits per heavy atom. The van der Waals surface area contributed by atoms with Gasteiger partial charge in [-0.3, -0.25) is 0 Å². The van der Waals surface area contributed by atoms with Gasteiger partial charge < -0.3 is 0 Å². The third-order valence-corrected chi connectivity index (χ3v) is 3.12. The van der Waals surface area contributed by atoms with E-state index in [0.717, 1.165) is 5.01 Å². The largest absolute Gasteiger partial charge is 0.242 e. The normalized spacial score (nSPS) is 16.7. The zero-order valence-corrected chi connectivity index (χ0v) is 7.30. The van der Waals surface area contributed by atoms with Crippen LogP contribution in [0.1, 0.15) is 30.2 Å². The molecule has 0 radical (unpaired) electrons. The van der Waals surface area contributed by atoms with Crippen molar-refractivity contribution in [3.8, 4) is 0 Å². The lowest BCUT2D eigenvalue weighted by Crippen LogP contribution is -2.07. The molecule has 0 unspecified atom stereocenters. The summed E-state index contributed by atoms with van der Waals surface area (Å²) in [7, 11) is 0. The van der Waals surface area contributed by atoms with Crippen molar-refractivity contribution in [1.82, 2.24) is 4.98 Å². The van der Waals surface area contributed by atoms with Crippen molar-refractivity contribution in [3.63, 3.8) is 0 Å². The fraction of sp³-hybridized carbons (Fsp3) is 0.500. The molecule has 1 aromatic rings. The summed E-state index contributed by atoms with van der Waals surface area (Å²) in [4.78, 5) is 17.6. The number of aliphatic imine (C=N–C) groups is 1. The third-order valence-electron chi connectivity index (χ3n) is 2.12. The molecular formula is C8H8N2OS. The van der Waals surface area contributed by atoms with Crippen molar-refractivity contribution in [2.45, 2.75) is 25.2 Å². The average molecular weight is 180 g/mol. The van der Waals surface area contributed by atoms with Gasteiger partial charge in [-0.1, -0.05) is 6.42 Å². The fourth-order valence-corrected chi connectivity index (χ4v) is 2.13. The molecule has 0 N–H and O–H groups in total. The van der Waals surface area contributed by atoms with E-state index in [1.54, 1.807) is 16.7 Å². The van der Waals surface area contributed by atoms with Gasteiger partial charge in [-0.25, -0.2) is 9.78 Å². The lowest BCUT2D eigenvalue weighted by molar-refractivity contribution is 0.418. The van der Waals surface area contributed by atoms with Gasteiger partial charge in [-0.2, -0.15) is 0 Å². The molecular weight excluding hydrogens is 172 g/mol. The average Bonchev–Trinajstić information content (AvgIpc) is 2.34. The molecule has 3 nitrogen and oxygen atoms in total. The Morgan fingerprint density at radius 1 is 1.67 bits per heavy atom. The van der Waals surface area contributed by atoms with Gasteiger partial charge in [0.2, 0.25) is 6.08 Å². The second kappa shape index (κ2) is 3.17. The summed E-state index contributed by atoms with van der Waals surface area (Å²) in [5.41, 5.74) is 0. The highest BCUT2D eigenvalue weighted by molar-refractivity contribution is 7.10. The second-order valence-corrected chi connectivity index (χ2v) is 3.76. The number of hydrogen-bond donors (Lipinski definition) is 0. The first-order valence-corrected chi connectivity index (χ1v) is 4.81. The molecule has 1 heterocycles. The van der Waals surface area contributed by atoms with Crippen molar-refractivity contribution >= 4 is 23.2 Å². The topological polar surface area (TPSA) is 42.3 Å². The highest BCUT2D eigenvalue weighted by Gasteiger charge is 2.22. The molecule has 0 aliphatic heterocycles. The number of hydrogen-bond acceptors (Lipinski definition) is 4. The van der Waals surface area contributed by atoms with Crippen LogP contribution >= 0.6 is 11.3 Å². The highest BCUT2D eigenvalue weighted by atomic mass is 32.1. The Hall–Kier alpha value is -0.990. The molecule has 1 saturated carbocycles. The Bertz CT molecular complexity index is 324. The van der Waals surface area contributed by atoms with Crippen LogP contribution in [0.3, 0.4) is 0 Å². The van der Waals surface area contributed by atoms with E-state index in [-0.39, 0.29) is 0 Å². The summed E-state index contributed by atoms with van der Waals surface area (Å²) in [5, 5.41) is 2.92. The summed E-state index contributed by atoms with van der Waals surface area (Å²) in [6.45, 7) is 0. The maximum atomic E-state index is 9.91. The molecule has 1 aliphatic rings. The summed E-state index contributed by atoms with van der Waals surface area (Å²) < 4.78 is 0. The van der Waals surface area contributed by atoms with E-state index in [9.17, 15) is 4.79 Å². The predicted octanol–water partition coefficient (Wildman–Crippen LogP) is 2.38. The molecule has 12 heavy (non-hydrogen) atoms. The van der Waals surface area contributed by atoms with Gasteiger partial charge in [0.25, 0.3) is 0 Å². The van der Waals surface area contributed by atoms with E-state index in [2.05, 4.69) is 9.98 Å². The number of thiazole rings is 1. The Balaban J connectivity index is 2.17. The van der Waals surface area contributed by atoms with Crippen molar-refractivity contribution in [3.05, 3.63) is 10.4 Å². The minimum absolute atomic E-state index is 0.511. The van der Waals surface area contributed by atoms with Crippen LogP contribution < -0.4 is 0 Å². The van der Waals surface area contributed by atoms with Gasteiger partial charge in [0.1, 0.15) is 0 Å². The van der Waals surface area contributed by atoms with Gasteiger partial charge >= 0.3 is 0 Å². The van der Waals surface area contributed by atoms with Crippen LogP contribution in [0.15, 0.2) is 10.4 Å². The summed E-state index contributed by atoms with van der Waals surface area (Å²) in [5.74, 6) is 1.14. The molecule has 0 bridgehead atoms. The van der Waals surface area contributed by atoms with Crippen LogP contribution in [0.2, 0.25) is 0 Å². The van der Waals surface area contributed by atoms with Crippen LogP contribution in [-0.2, 0) is 4.79 Å². The van der Waals surface area contributed by atoms with Crippen LogP contribution in [0.5, 0.6) is 0 Å². The Labute approximate surface area is 74.2 Å². The van der Waals surface area contributed by atoms with Crippen molar-refractivity contribution in [2.24, 2.45) is 4.99 Å². The van der Waals surface area contributed by atoms with Gasteiger partial charge in [0.15, 0.2) is 5.82 Å². The molecule has 0 saturated heterocycles. The molecule has 0 amide bonds. The summed E-state index contributed by atoms with van der Waals surface area (Å²) in [6.07, 6.45) is 5.26. The van der Waals surface area contributed by atoms with E-state index in [1.165, 1.54) is 25.3 Å². The van der Waals surface area contributed by atoms with Gasteiger partial charge in [0.05, 0.1) is 5.01 Å². The zero-order valence-electron chi connectivity index (χ0n) is 6.49. The predicted molar refractivity (Wildman–Crippen MR) is 46.5 cm³/mol. The minimum atomic E-state index is 0.511. The van der Waals surface area contributed by atoms with Gasteiger partial charge in [0, 0.05) is 11.3 Å². The number of isocyanates is 1. The molecule has 1 fully saturated rings. The fourth-order valence-electron chi connectivity index (χ4n) is 1.22. The minimum Gasteiger partial charge on any atom is -0.221 e. The van der Waals surface area contributed by atoms with Crippen LogP contribution in [0, 0.1) is 0 Å². The molecule has 0 spiro atoms. The number of nitrogens with zero attached hydrogens (tertiary/aromatic N) is 2. The number of aromatic nitrogens is 1. The lowest BCUT2D eigenvalue weighted by atomic mass is 9.86. The van der Waals surface area contributed by atoms with Gasteiger partial charge in [-0.05, 0) is 12.8 Å². The maximum absolute atomic E-state index is 9.91. The first kappa shape index (κ1) is 7.65. The van der Waals surface area contributed by atoms with Crippen molar-refractivity contribution in [2.75, 3.05) is 0 Å². The standard InChI is InChI=1S/C8H8N2OS/c11-5-9-7-4-12-8(10-7)6-2-1-3-6/h4,6H,1-3H2. The van der Waals surface area contributed by atoms with Gasteiger partial charge in [-0.15, -0.1) is 16.3 Å². The monoisotopic (exact) mass is 180 g/mol. The van der Waals surface area contributed by atoms with Crippen molar-refractivity contribution < 1.29 is 4.79 Å². The maximum Gasteiger partial charge on any atom is 0.242 e. The molecule has 62 valence electrons. The van der Waals surface area contributed by atoms with E-state index in [4.69, 9.17) is 0 Å². The molecule has 1 aromatic heterocycles. The first-order chi connectivity index (χ1) is 5.90. The van der Waals surface area contributed by atoms with Crippen LogP contribution in [0.25, 0.3) is 0 Å². The van der Waals surface area contributed by atoms with Crippen molar-refractivity contribution in [1.29, 1.82) is 0 Å². The molecule has 2 rings (SSSR count). The number of rotatable bonds is 2. The Kier molecular flexibility index (Phi) is 2.02. The number of carbonyl (C=O) groups excluding carboxylic acids is 1. The first-order valence-electron chi connectivity index (χ1n) is 3.93. The SMILES string of the molecule is O=C=Nc1csc(C2CCC2)n1. The highest BCUT2D eigenvalue weighted by Crippen LogP contribution is 2.38. The van der Waals surface area contributed by atoms with E-state index < -0.39 is 0 Å². The quantitative estimate of drug-likeness (QED) is 0.518. The molecule has 1 aliphatic carbocycles. The second-order valence-electron chi connectivity index (χ2n) is 2.87. The summed E-state index contributed by atoms with van der Waals surface area (Å²) >= 11 is 1.59. The van der Waals surface area contributed by atoms with Crippen LogP contribution in [0.4, 0.5) is 5.82 Å². The lowest BCUT2D eigenvalue weighted by Gasteiger charge is -2.22. The molecule has 4 heteroatoms. The summed E-state index contributed by atoms with van der Waals surface area (Å²) in [6, 6.07) is 0. The third kappa shape index (κ3) is 1.31. The van der Waals surface area contributed by atoms with E-state index in [0.29, 0.717) is 11.7 Å². The molecule has 0 atom stereocenters. The van der Waals surface area contributed by atoms with E-state index >= 15 is 0 Å². The zero-order chi connectivity index (χ0) is 8.39.